The van der Waals surface area contributed by atoms with Gasteiger partial charge in [0.25, 0.3) is 0 Å². The molecule has 2 rings (SSSR count). The molecule has 2 N–H and O–H groups in total. The quantitative estimate of drug-likeness (QED) is 0.881. The van der Waals surface area contributed by atoms with Gasteiger partial charge in [0.1, 0.15) is 0 Å². The Bertz CT molecular complexity index is 408. The highest BCUT2D eigenvalue weighted by atomic mass is 19.1. The van der Waals surface area contributed by atoms with Crippen molar-refractivity contribution in [3.05, 3.63) is 29.6 Å². The Kier molecular flexibility index (Phi) is 5.20. The summed E-state index contributed by atoms with van der Waals surface area (Å²) < 4.78 is 19.9. The van der Waals surface area contributed by atoms with Crippen LogP contribution in [-0.4, -0.2) is 12.6 Å². The summed E-state index contributed by atoms with van der Waals surface area (Å²) in [7, 11) is 0. The molecule has 1 aliphatic rings. The van der Waals surface area contributed by atoms with Crippen LogP contribution in [0, 0.1) is 11.7 Å². The molecule has 106 valence electrons. The molecule has 1 saturated carbocycles. The fourth-order valence-corrected chi connectivity index (χ4v) is 2.92. The van der Waals surface area contributed by atoms with Crippen molar-refractivity contribution in [1.82, 2.24) is 0 Å². The van der Waals surface area contributed by atoms with Gasteiger partial charge in [0.05, 0.1) is 6.10 Å². The first kappa shape index (κ1) is 14.3. The van der Waals surface area contributed by atoms with Crippen molar-refractivity contribution in [3.8, 4) is 5.75 Å². The van der Waals surface area contributed by atoms with Crippen LogP contribution < -0.4 is 10.5 Å². The Morgan fingerprint density at radius 1 is 1.37 bits per heavy atom. The van der Waals surface area contributed by atoms with Crippen molar-refractivity contribution < 1.29 is 9.13 Å². The Morgan fingerprint density at radius 2 is 2.21 bits per heavy atom. The number of nitrogens with two attached hydrogens (primary N) is 1. The molecule has 19 heavy (non-hydrogen) atoms. The van der Waals surface area contributed by atoms with E-state index in [1.54, 1.807) is 6.07 Å². The summed E-state index contributed by atoms with van der Waals surface area (Å²) in [4.78, 5) is 0. The van der Waals surface area contributed by atoms with Gasteiger partial charge in [-0.3, -0.25) is 0 Å². The van der Waals surface area contributed by atoms with E-state index in [0.717, 1.165) is 24.3 Å². The highest BCUT2D eigenvalue weighted by Gasteiger charge is 2.23. The first-order valence-corrected chi connectivity index (χ1v) is 7.38. The smallest absolute Gasteiger partial charge is 0.165 e. The van der Waals surface area contributed by atoms with Crippen LogP contribution in [0.2, 0.25) is 0 Å². The van der Waals surface area contributed by atoms with E-state index < -0.39 is 0 Å². The number of ether oxygens (including phenoxy) is 1. The second kappa shape index (κ2) is 6.90. The Hall–Kier alpha value is -1.09. The van der Waals surface area contributed by atoms with Crippen LogP contribution in [0.3, 0.4) is 0 Å². The average Bonchev–Trinajstić information content (AvgIpc) is 2.43. The lowest BCUT2D eigenvalue weighted by molar-refractivity contribution is 0.116. The Morgan fingerprint density at radius 3 is 2.95 bits per heavy atom. The average molecular weight is 265 g/mol. The minimum absolute atomic E-state index is 0.159. The van der Waals surface area contributed by atoms with Gasteiger partial charge in [-0.15, -0.1) is 0 Å². The molecule has 1 aromatic carbocycles. The third-order valence-electron chi connectivity index (χ3n) is 4.06. The zero-order chi connectivity index (χ0) is 13.7. The Balaban J connectivity index is 2.09. The summed E-state index contributed by atoms with van der Waals surface area (Å²) in [5.41, 5.74) is 6.47. The molecule has 0 bridgehead atoms. The van der Waals surface area contributed by atoms with Crippen LogP contribution in [0.4, 0.5) is 4.39 Å². The van der Waals surface area contributed by atoms with Gasteiger partial charge in [0.2, 0.25) is 0 Å². The SMILES string of the molecule is CCC1CCCC(Oc2c(F)cccc2CCN)C1. The van der Waals surface area contributed by atoms with E-state index in [1.165, 1.54) is 25.3 Å². The van der Waals surface area contributed by atoms with E-state index in [-0.39, 0.29) is 11.9 Å². The predicted molar refractivity (Wildman–Crippen MR) is 75.8 cm³/mol. The highest BCUT2D eigenvalue weighted by Crippen LogP contribution is 2.32. The molecule has 3 heteroatoms. The van der Waals surface area contributed by atoms with Crippen molar-refractivity contribution in [2.75, 3.05) is 6.54 Å². The number of para-hydroxylation sites is 1. The number of benzene rings is 1. The second-order valence-corrected chi connectivity index (χ2v) is 5.45. The van der Waals surface area contributed by atoms with E-state index >= 15 is 0 Å². The van der Waals surface area contributed by atoms with Crippen molar-refractivity contribution >= 4 is 0 Å². The van der Waals surface area contributed by atoms with E-state index in [9.17, 15) is 4.39 Å². The molecular formula is C16H24FNO. The summed E-state index contributed by atoms with van der Waals surface area (Å²) in [6.07, 6.45) is 6.56. The lowest BCUT2D eigenvalue weighted by Gasteiger charge is -2.29. The molecule has 0 radical (unpaired) electrons. The lowest BCUT2D eigenvalue weighted by Crippen LogP contribution is -2.26. The third-order valence-corrected chi connectivity index (χ3v) is 4.06. The van der Waals surface area contributed by atoms with Crippen LogP contribution in [0.5, 0.6) is 5.75 Å². The predicted octanol–water partition coefficient (Wildman–Crippen LogP) is 3.67. The molecule has 0 heterocycles. The molecule has 0 aliphatic heterocycles. The van der Waals surface area contributed by atoms with E-state index in [4.69, 9.17) is 10.5 Å². The summed E-state index contributed by atoms with van der Waals surface area (Å²) in [6.45, 7) is 2.73. The summed E-state index contributed by atoms with van der Waals surface area (Å²) in [5, 5.41) is 0. The minimum atomic E-state index is -0.260. The standard InChI is InChI=1S/C16H24FNO/c1-2-12-5-3-7-14(11-12)19-16-13(9-10-18)6-4-8-15(16)17/h4,6,8,12,14H,2-3,5,7,9-11,18H2,1H3. The number of rotatable bonds is 5. The summed E-state index contributed by atoms with van der Waals surface area (Å²) in [5.74, 6) is 0.891. The molecule has 2 unspecified atom stereocenters. The zero-order valence-electron chi connectivity index (χ0n) is 11.7. The number of halogens is 1. The molecule has 1 aromatic rings. The summed E-state index contributed by atoms with van der Waals surface area (Å²) >= 11 is 0. The number of hydrogen-bond acceptors (Lipinski definition) is 2. The van der Waals surface area contributed by atoms with Gasteiger partial charge in [-0.1, -0.05) is 31.9 Å². The maximum absolute atomic E-state index is 13.9. The zero-order valence-corrected chi connectivity index (χ0v) is 11.7. The first-order valence-electron chi connectivity index (χ1n) is 7.38. The molecular weight excluding hydrogens is 241 g/mol. The maximum atomic E-state index is 13.9. The molecule has 0 spiro atoms. The largest absolute Gasteiger partial charge is 0.487 e. The molecule has 0 aromatic heterocycles. The molecule has 0 saturated heterocycles. The van der Waals surface area contributed by atoms with Crippen LogP contribution in [0.15, 0.2) is 18.2 Å². The molecule has 0 amide bonds. The van der Waals surface area contributed by atoms with Gasteiger partial charge in [-0.05, 0) is 49.8 Å². The van der Waals surface area contributed by atoms with Crippen molar-refractivity contribution in [2.45, 2.75) is 51.6 Å². The van der Waals surface area contributed by atoms with Crippen LogP contribution >= 0.6 is 0 Å². The second-order valence-electron chi connectivity index (χ2n) is 5.45. The summed E-state index contributed by atoms with van der Waals surface area (Å²) in [6, 6.07) is 5.10. The van der Waals surface area contributed by atoms with Gasteiger partial charge in [-0.25, -0.2) is 4.39 Å². The van der Waals surface area contributed by atoms with Gasteiger partial charge >= 0.3 is 0 Å². The monoisotopic (exact) mass is 265 g/mol. The molecule has 1 fully saturated rings. The molecule has 2 atom stereocenters. The van der Waals surface area contributed by atoms with Crippen LogP contribution in [-0.2, 0) is 6.42 Å². The van der Waals surface area contributed by atoms with E-state index in [1.807, 2.05) is 6.07 Å². The van der Waals surface area contributed by atoms with Crippen molar-refractivity contribution in [2.24, 2.45) is 11.7 Å². The van der Waals surface area contributed by atoms with E-state index in [2.05, 4.69) is 6.92 Å². The maximum Gasteiger partial charge on any atom is 0.165 e. The van der Waals surface area contributed by atoms with Gasteiger partial charge < -0.3 is 10.5 Å². The normalized spacial score (nSPS) is 23.3. The number of hydrogen-bond donors (Lipinski definition) is 1. The fraction of sp³-hybridized carbons (Fsp3) is 0.625. The Labute approximate surface area is 115 Å². The van der Waals surface area contributed by atoms with Gasteiger partial charge in [0, 0.05) is 0 Å². The first-order chi connectivity index (χ1) is 9.24. The van der Waals surface area contributed by atoms with Gasteiger partial charge in [-0.2, -0.15) is 0 Å². The third kappa shape index (κ3) is 3.69. The lowest BCUT2D eigenvalue weighted by atomic mass is 9.85. The molecule has 2 nitrogen and oxygen atoms in total. The topological polar surface area (TPSA) is 35.2 Å². The molecule has 1 aliphatic carbocycles. The minimum Gasteiger partial charge on any atom is -0.487 e. The van der Waals surface area contributed by atoms with Crippen LogP contribution in [0.25, 0.3) is 0 Å². The van der Waals surface area contributed by atoms with Crippen LogP contribution in [0.1, 0.15) is 44.6 Å². The van der Waals surface area contributed by atoms with Crippen molar-refractivity contribution in [3.63, 3.8) is 0 Å². The fourth-order valence-electron chi connectivity index (χ4n) is 2.92. The highest BCUT2D eigenvalue weighted by molar-refractivity contribution is 5.35. The van der Waals surface area contributed by atoms with Gasteiger partial charge in [0.15, 0.2) is 11.6 Å². The van der Waals surface area contributed by atoms with E-state index in [0.29, 0.717) is 18.7 Å². The van der Waals surface area contributed by atoms with Crippen molar-refractivity contribution in [1.29, 1.82) is 0 Å².